The van der Waals surface area contributed by atoms with Gasteiger partial charge in [0, 0.05) is 6.54 Å². The van der Waals surface area contributed by atoms with Gasteiger partial charge in [-0.05, 0) is 57.7 Å². The number of aryl methyl sites for hydroxylation is 1. The van der Waals surface area contributed by atoms with E-state index in [0.29, 0.717) is 5.56 Å². The molecule has 3 nitrogen and oxygen atoms in total. The largest absolute Gasteiger partial charge is 0.387 e. The van der Waals surface area contributed by atoms with Crippen molar-refractivity contribution in [2.24, 2.45) is 0 Å². The lowest BCUT2D eigenvalue weighted by molar-refractivity contribution is 0.0571. The van der Waals surface area contributed by atoms with Gasteiger partial charge in [0.1, 0.15) is 5.82 Å². The first-order valence-corrected chi connectivity index (χ1v) is 6.82. The van der Waals surface area contributed by atoms with E-state index >= 15 is 0 Å². The summed E-state index contributed by atoms with van der Waals surface area (Å²) in [7, 11) is 4.12. The van der Waals surface area contributed by atoms with Crippen molar-refractivity contribution in [1.29, 1.82) is 0 Å². The number of hydrogen-bond acceptors (Lipinski definition) is 3. The van der Waals surface area contributed by atoms with Crippen LogP contribution in [0.4, 0.5) is 4.39 Å². The van der Waals surface area contributed by atoms with Crippen molar-refractivity contribution in [3.05, 3.63) is 35.1 Å². The molecule has 1 aliphatic heterocycles. The first-order chi connectivity index (χ1) is 8.99. The monoisotopic (exact) mass is 266 g/mol. The van der Waals surface area contributed by atoms with Crippen LogP contribution in [0.3, 0.4) is 0 Å². The Morgan fingerprint density at radius 3 is 2.74 bits per heavy atom. The zero-order chi connectivity index (χ0) is 14.0. The van der Waals surface area contributed by atoms with Gasteiger partial charge < -0.3 is 10.0 Å². The van der Waals surface area contributed by atoms with E-state index in [2.05, 4.69) is 16.8 Å². The fourth-order valence-electron chi connectivity index (χ4n) is 2.72. The lowest BCUT2D eigenvalue weighted by Crippen LogP contribution is -2.42. The number of likely N-dealkylation sites (N-methyl/N-ethyl adjacent to an activating group) is 2. The molecule has 106 valence electrons. The van der Waals surface area contributed by atoms with Crippen LogP contribution in [0.5, 0.6) is 0 Å². The maximum atomic E-state index is 13.3. The Balaban J connectivity index is 2.20. The number of aliphatic hydroxyl groups excluding tert-OH is 1. The summed E-state index contributed by atoms with van der Waals surface area (Å²) in [6.45, 7) is 4.59. The van der Waals surface area contributed by atoms with Gasteiger partial charge in [-0.25, -0.2) is 4.39 Å². The summed E-state index contributed by atoms with van der Waals surface area (Å²) in [5.74, 6) is -0.220. The molecule has 0 aliphatic carbocycles. The van der Waals surface area contributed by atoms with E-state index in [0.717, 1.165) is 31.6 Å². The highest BCUT2D eigenvalue weighted by Crippen LogP contribution is 2.24. The number of aliphatic hydroxyl groups is 1. The van der Waals surface area contributed by atoms with Crippen molar-refractivity contribution in [3.8, 4) is 0 Å². The second kappa shape index (κ2) is 5.99. The molecule has 0 amide bonds. The third-order valence-corrected chi connectivity index (χ3v) is 4.00. The molecule has 0 saturated carbocycles. The fraction of sp³-hybridized carbons (Fsp3) is 0.600. The van der Waals surface area contributed by atoms with Crippen LogP contribution in [-0.2, 0) is 0 Å². The maximum absolute atomic E-state index is 13.3. The minimum Gasteiger partial charge on any atom is -0.387 e. The Morgan fingerprint density at radius 1 is 1.32 bits per heavy atom. The normalized spacial score (nSPS) is 24.2. The third-order valence-electron chi connectivity index (χ3n) is 4.00. The first kappa shape index (κ1) is 14.4. The van der Waals surface area contributed by atoms with Crippen LogP contribution in [0.1, 0.15) is 23.7 Å². The van der Waals surface area contributed by atoms with Crippen molar-refractivity contribution in [2.75, 3.05) is 33.7 Å². The Hall–Kier alpha value is -0.970. The molecule has 1 aromatic carbocycles. The van der Waals surface area contributed by atoms with Crippen LogP contribution >= 0.6 is 0 Å². The van der Waals surface area contributed by atoms with E-state index in [1.807, 2.05) is 7.05 Å². The summed E-state index contributed by atoms with van der Waals surface area (Å²) in [6, 6.07) is 4.93. The Labute approximate surface area is 114 Å². The molecular formula is C15H23FN2O. The van der Waals surface area contributed by atoms with E-state index in [1.165, 1.54) is 6.07 Å². The molecule has 2 unspecified atom stereocenters. The van der Waals surface area contributed by atoms with E-state index in [4.69, 9.17) is 0 Å². The predicted octanol–water partition coefficient (Wildman–Crippen LogP) is 1.80. The van der Waals surface area contributed by atoms with E-state index in [9.17, 15) is 9.50 Å². The van der Waals surface area contributed by atoms with Crippen molar-refractivity contribution < 1.29 is 9.50 Å². The summed E-state index contributed by atoms with van der Waals surface area (Å²) < 4.78 is 13.3. The minimum atomic E-state index is -0.579. The number of benzene rings is 1. The Morgan fingerprint density at radius 2 is 2.05 bits per heavy atom. The number of halogens is 1. The average Bonchev–Trinajstić information content (AvgIpc) is 2.54. The van der Waals surface area contributed by atoms with E-state index in [-0.39, 0.29) is 11.9 Å². The summed E-state index contributed by atoms with van der Waals surface area (Å²) in [4.78, 5) is 4.45. The zero-order valence-corrected chi connectivity index (χ0v) is 11.9. The molecule has 1 saturated heterocycles. The molecule has 4 heteroatoms. The lowest BCUT2D eigenvalue weighted by atomic mass is 9.99. The van der Waals surface area contributed by atoms with Crippen molar-refractivity contribution in [3.63, 3.8) is 0 Å². The van der Waals surface area contributed by atoms with Crippen LogP contribution in [0.15, 0.2) is 18.2 Å². The minimum absolute atomic E-state index is 0.0531. The highest BCUT2D eigenvalue weighted by atomic mass is 19.1. The third kappa shape index (κ3) is 3.32. The topological polar surface area (TPSA) is 26.7 Å². The maximum Gasteiger partial charge on any atom is 0.126 e. The Bertz CT molecular complexity index is 438. The molecule has 19 heavy (non-hydrogen) atoms. The van der Waals surface area contributed by atoms with Crippen LogP contribution in [0.25, 0.3) is 0 Å². The average molecular weight is 266 g/mol. The van der Waals surface area contributed by atoms with Gasteiger partial charge in [0.15, 0.2) is 0 Å². The standard InChI is InChI=1S/C15H23FN2O/c1-11-9-12(5-6-13(11)16)15(19)14-10-17(2)7-4-8-18(14)3/h5-6,9,14-15,19H,4,7-8,10H2,1-3H3. The summed E-state index contributed by atoms with van der Waals surface area (Å²) in [5, 5.41) is 10.6. The molecular weight excluding hydrogens is 243 g/mol. The Kier molecular flexibility index (Phi) is 4.55. The molecule has 2 rings (SSSR count). The van der Waals surface area contributed by atoms with Gasteiger partial charge in [-0.1, -0.05) is 12.1 Å². The quantitative estimate of drug-likeness (QED) is 0.884. The van der Waals surface area contributed by atoms with Crippen LogP contribution in [0, 0.1) is 12.7 Å². The van der Waals surface area contributed by atoms with Gasteiger partial charge in [-0.15, -0.1) is 0 Å². The van der Waals surface area contributed by atoms with Gasteiger partial charge in [0.05, 0.1) is 12.1 Å². The second-order valence-corrected chi connectivity index (χ2v) is 5.62. The summed E-state index contributed by atoms with van der Waals surface area (Å²) in [5.41, 5.74) is 1.38. The molecule has 2 atom stereocenters. The predicted molar refractivity (Wildman–Crippen MR) is 74.6 cm³/mol. The lowest BCUT2D eigenvalue weighted by Gasteiger charge is -2.32. The summed E-state index contributed by atoms with van der Waals surface area (Å²) >= 11 is 0. The fourth-order valence-corrected chi connectivity index (χ4v) is 2.72. The molecule has 0 radical (unpaired) electrons. The second-order valence-electron chi connectivity index (χ2n) is 5.62. The van der Waals surface area contributed by atoms with Crippen LogP contribution < -0.4 is 0 Å². The highest BCUT2D eigenvalue weighted by molar-refractivity contribution is 5.26. The number of hydrogen-bond donors (Lipinski definition) is 1. The van der Waals surface area contributed by atoms with Crippen molar-refractivity contribution >= 4 is 0 Å². The van der Waals surface area contributed by atoms with E-state index < -0.39 is 6.10 Å². The number of rotatable bonds is 2. The van der Waals surface area contributed by atoms with Crippen LogP contribution in [0.2, 0.25) is 0 Å². The molecule has 1 aromatic rings. The highest BCUT2D eigenvalue weighted by Gasteiger charge is 2.28. The van der Waals surface area contributed by atoms with Crippen molar-refractivity contribution in [2.45, 2.75) is 25.5 Å². The first-order valence-electron chi connectivity index (χ1n) is 6.82. The zero-order valence-electron chi connectivity index (χ0n) is 11.9. The molecule has 0 spiro atoms. The smallest absolute Gasteiger partial charge is 0.126 e. The molecule has 0 aromatic heterocycles. The van der Waals surface area contributed by atoms with Crippen molar-refractivity contribution in [1.82, 2.24) is 9.80 Å². The van der Waals surface area contributed by atoms with Gasteiger partial charge in [-0.2, -0.15) is 0 Å². The van der Waals surface area contributed by atoms with Gasteiger partial charge in [0.25, 0.3) is 0 Å². The molecule has 1 N–H and O–H groups in total. The molecule has 0 bridgehead atoms. The number of nitrogens with zero attached hydrogens (tertiary/aromatic N) is 2. The van der Waals surface area contributed by atoms with Gasteiger partial charge >= 0.3 is 0 Å². The molecule has 1 aliphatic rings. The van der Waals surface area contributed by atoms with Gasteiger partial charge in [0.2, 0.25) is 0 Å². The molecule has 1 fully saturated rings. The molecule has 1 heterocycles. The SMILES string of the molecule is Cc1cc(C(O)C2CN(C)CCCN2C)ccc1F. The summed E-state index contributed by atoms with van der Waals surface area (Å²) in [6.07, 6.45) is 0.531. The van der Waals surface area contributed by atoms with Gasteiger partial charge in [-0.3, -0.25) is 4.90 Å². The van der Waals surface area contributed by atoms with Crippen LogP contribution in [-0.4, -0.2) is 54.7 Å². The van der Waals surface area contributed by atoms with E-state index in [1.54, 1.807) is 19.1 Å².